The highest BCUT2D eigenvalue weighted by atomic mass is 16.5. The largest absolute Gasteiger partial charge is 0.379 e. The van der Waals surface area contributed by atoms with Gasteiger partial charge in [0.05, 0.1) is 6.10 Å². The minimum Gasteiger partial charge on any atom is -0.379 e. The number of piperidine rings is 1. The highest BCUT2D eigenvalue weighted by molar-refractivity contribution is 5.21. The number of ether oxygens (including phenoxy) is 1. The first-order valence-corrected chi connectivity index (χ1v) is 6.54. The van der Waals surface area contributed by atoms with Gasteiger partial charge in [0.2, 0.25) is 0 Å². The molecule has 0 aromatic heterocycles. The van der Waals surface area contributed by atoms with Gasteiger partial charge < -0.3 is 4.74 Å². The molecule has 0 saturated carbocycles. The number of nitrogens with zero attached hydrogens (tertiary/aromatic N) is 1. The van der Waals surface area contributed by atoms with Gasteiger partial charge in [-0.25, -0.2) is 0 Å². The van der Waals surface area contributed by atoms with E-state index in [4.69, 9.17) is 4.74 Å². The number of methoxy groups -OCH3 is 1. The Labute approximate surface area is 105 Å². The van der Waals surface area contributed by atoms with Crippen molar-refractivity contribution >= 4 is 0 Å². The van der Waals surface area contributed by atoms with Crippen molar-refractivity contribution in [1.82, 2.24) is 4.90 Å². The molecule has 0 bridgehead atoms. The maximum absolute atomic E-state index is 5.70. The van der Waals surface area contributed by atoms with E-state index < -0.39 is 0 Å². The molecule has 1 fully saturated rings. The summed E-state index contributed by atoms with van der Waals surface area (Å²) in [7, 11) is 1.84. The molecule has 1 heterocycles. The predicted molar refractivity (Wildman–Crippen MR) is 71.3 cm³/mol. The van der Waals surface area contributed by atoms with Crippen molar-refractivity contribution in [1.29, 1.82) is 0 Å². The highest BCUT2D eigenvalue weighted by Gasteiger charge is 2.30. The van der Waals surface area contributed by atoms with Gasteiger partial charge in [-0.15, -0.1) is 0 Å². The third-order valence-electron chi connectivity index (χ3n) is 3.85. The van der Waals surface area contributed by atoms with E-state index in [0.29, 0.717) is 18.1 Å². The summed E-state index contributed by atoms with van der Waals surface area (Å²) in [6, 6.07) is 11.4. The second-order valence-corrected chi connectivity index (χ2v) is 5.17. The zero-order valence-electron chi connectivity index (χ0n) is 11.1. The third-order valence-corrected chi connectivity index (χ3v) is 3.85. The monoisotopic (exact) mass is 233 g/mol. The molecule has 1 aliphatic rings. The lowest BCUT2D eigenvalue weighted by molar-refractivity contribution is 0.00423. The van der Waals surface area contributed by atoms with E-state index in [1.165, 1.54) is 18.5 Å². The molecule has 1 aliphatic heterocycles. The van der Waals surface area contributed by atoms with Crippen LogP contribution in [0.2, 0.25) is 0 Å². The van der Waals surface area contributed by atoms with Gasteiger partial charge in [-0.1, -0.05) is 30.3 Å². The molecule has 2 nitrogen and oxygen atoms in total. The SMILES string of the molecule is COC1CN(C(C)C)CCC1c1ccccc1. The average molecular weight is 233 g/mol. The highest BCUT2D eigenvalue weighted by Crippen LogP contribution is 2.30. The van der Waals surface area contributed by atoms with Crippen molar-refractivity contribution in [3.05, 3.63) is 35.9 Å². The minimum absolute atomic E-state index is 0.327. The van der Waals surface area contributed by atoms with Crippen LogP contribution in [0.1, 0.15) is 31.7 Å². The summed E-state index contributed by atoms with van der Waals surface area (Å²) < 4.78 is 5.70. The van der Waals surface area contributed by atoms with Crippen LogP contribution in [0.3, 0.4) is 0 Å². The van der Waals surface area contributed by atoms with Gasteiger partial charge in [-0.2, -0.15) is 0 Å². The third kappa shape index (κ3) is 2.88. The van der Waals surface area contributed by atoms with Crippen LogP contribution in [0, 0.1) is 0 Å². The summed E-state index contributed by atoms with van der Waals surface area (Å²) in [6.07, 6.45) is 1.52. The summed E-state index contributed by atoms with van der Waals surface area (Å²) in [4.78, 5) is 2.51. The van der Waals surface area contributed by atoms with Crippen molar-refractivity contribution in [3.8, 4) is 0 Å². The van der Waals surface area contributed by atoms with E-state index in [2.05, 4.69) is 49.1 Å². The van der Waals surface area contributed by atoms with Crippen LogP contribution in [0.15, 0.2) is 30.3 Å². The lowest BCUT2D eigenvalue weighted by Crippen LogP contribution is -2.46. The van der Waals surface area contributed by atoms with Crippen molar-refractivity contribution in [2.45, 2.75) is 38.3 Å². The van der Waals surface area contributed by atoms with Crippen molar-refractivity contribution in [2.24, 2.45) is 0 Å². The first-order chi connectivity index (χ1) is 8.22. The Morgan fingerprint density at radius 1 is 1.24 bits per heavy atom. The van der Waals surface area contributed by atoms with Crippen LogP contribution in [-0.2, 0) is 4.74 Å². The van der Waals surface area contributed by atoms with Gasteiger partial charge in [0.25, 0.3) is 0 Å². The second-order valence-electron chi connectivity index (χ2n) is 5.17. The molecular formula is C15H23NO. The Morgan fingerprint density at radius 2 is 1.94 bits per heavy atom. The van der Waals surface area contributed by atoms with Gasteiger partial charge >= 0.3 is 0 Å². The van der Waals surface area contributed by atoms with Crippen LogP contribution in [0.5, 0.6) is 0 Å². The Morgan fingerprint density at radius 3 is 2.53 bits per heavy atom. The standard InChI is InChI=1S/C15H23NO/c1-12(2)16-10-9-14(15(11-16)17-3)13-7-5-4-6-8-13/h4-8,12,14-15H,9-11H2,1-3H3. The molecule has 0 amide bonds. The molecule has 2 rings (SSSR count). The zero-order valence-corrected chi connectivity index (χ0v) is 11.1. The Kier molecular flexibility index (Phi) is 4.19. The number of likely N-dealkylation sites (tertiary alicyclic amines) is 1. The molecule has 17 heavy (non-hydrogen) atoms. The maximum atomic E-state index is 5.70. The second kappa shape index (κ2) is 5.65. The first-order valence-electron chi connectivity index (χ1n) is 6.54. The molecule has 2 atom stereocenters. The van der Waals surface area contributed by atoms with E-state index in [-0.39, 0.29) is 0 Å². The normalized spacial score (nSPS) is 26.4. The van der Waals surface area contributed by atoms with Gasteiger partial charge in [0.15, 0.2) is 0 Å². The van der Waals surface area contributed by atoms with Crippen LogP contribution >= 0.6 is 0 Å². The van der Waals surface area contributed by atoms with Crippen molar-refractivity contribution < 1.29 is 4.74 Å². The summed E-state index contributed by atoms with van der Waals surface area (Å²) >= 11 is 0. The summed E-state index contributed by atoms with van der Waals surface area (Å²) in [6.45, 7) is 6.75. The average Bonchev–Trinajstić information content (AvgIpc) is 2.39. The zero-order chi connectivity index (χ0) is 12.3. The van der Waals surface area contributed by atoms with Crippen LogP contribution in [0.25, 0.3) is 0 Å². The van der Waals surface area contributed by atoms with E-state index in [1.54, 1.807) is 0 Å². The molecule has 0 radical (unpaired) electrons. The number of benzene rings is 1. The van der Waals surface area contributed by atoms with E-state index in [0.717, 1.165) is 6.54 Å². The Balaban J connectivity index is 2.10. The smallest absolute Gasteiger partial charge is 0.0767 e. The van der Waals surface area contributed by atoms with E-state index in [1.807, 2.05) is 7.11 Å². The first kappa shape index (κ1) is 12.6. The van der Waals surface area contributed by atoms with Crippen molar-refractivity contribution in [2.75, 3.05) is 20.2 Å². The van der Waals surface area contributed by atoms with Gasteiger partial charge in [0.1, 0.15) is 0 Å². The summed E-state index contributed by atoms with van der Waals surface area (Å²) in [5, 5.41) is 0. The number of hydrogen-bond acceptors (Lipinski definition) is 2. The molecule has 0 spiro atoms. The van der Waals surface area contributed by atoms with Gasteiger partial charge in [0, 0.05) is 25.6 Å². The van der Waals surface area contributed by atoms with Crippen LogP contribution < -0.4 is 0 Å². The Bertz CT molecular complexity index is 336. The molecule has 0 N–H and O–H groups in total. The van der Waals surface area contributed by atoms with E-state index >= 15 is 0 Å². The lowest BCUT2D eigenvalue weighted by atomic mass is 9.86. The molecule has 1 saturated heterocycles. The predicted octanol–water partition coefficient (Wildman–Crippen LogP) is 2.90. The molecule has 2 heteroatoms. The Hall–Kier alpha value is -0.860. The van der Waals surface area contributed by atoms with Gasteiger partial charge in [-0.3, -0.25) is 4.90 Å². The molecule has 0 aliphatic carbocycles. The lowest BCUT2D eigenvalue weighted by Gasteiger charge is -2.40. The topological polar surface area (TPSA) is 12.5 Å². The molecular weight excluding hydrogens is 210 g/mol. The summed E-state index contributed by atoms with van der Waals surface area (Å²) in [5.41, 5.74) is 1.42. The fraction of sp³-hybridized carbons (Fsp3) is 0.600. The number of rotatable bonds is 3. The minimum atomic E-state index is 0.327. The fourth-order valence-corrected chi connectivity index (χ4v) is 2.73. The van der Waals surface area contributed by atoms with Gasteiger partial charge in [-0.05, 0) is 32.4 Å². The molecule has 94 valence electrons. The fourth-order valence-electron chi connectivity index (χ4n) is 2.73. The summed E-state index contributed by atoms with van der Waals surface area (Å²) in [5.74, 6) is 0.552. The van der Waals surface area contributed by atoms with Crippen LogP contribution in [-0.4, -0.2) is 37.2 Å². The quantitative estimate of drug-likeness (QED) is 0.796. The maximum Gasteiger partial charge on any atom is 0.0767 e. The van der Waals surface area contributed by atoms with E-state index in [9.17, 15) is 0 Å². The number of hydrogen-bond donors (Lipinski definition) is 0. The van der Waals surface area contributed by atoms with Crippen molar-refractivity contribution in [3.63, 3.8) is 0 Å². The molecule has 1 aromatic carbocycles. The molecule has 2 unspecified atom stereocenters. The molecule has 1 aromatic rings. The van der Waals surface area contributed by atoms with Crippen LogP contribution in [0.4, 0.5) is 0 Å².